The topological polar surface area (TPSA) is 57.6 Å². The van der Waals surface area contributed by atoms with Crippen molar-refractivity contribution in [2.45, 2.75) is 84.3 Å². The van der Waals surface area contributed by atoms with E-state index in [0.717, 1.165) is 25.8 Å². The minimum absolute atomic E-state index is 0.0378. The van der Waals surface area contributed by atoms with Crippen LogP contribution >= 0.6 is 0 Å². The fourth-order valence-corrected chi connectivity index (χ4v) is 9.61. The monoisotopic (exact) mass is 425 g/mol. The molecule has 4 aliphatic carbocycles. The molecule has 3 saturated carbocycles. The number of hydrogen-bond donors (Lipinski definition) is 1. The van der Waals surface area contributed by atoms with Gasteiger partial charge in [-0.25, -0.2) is 0 Å². The molecule has 0 unspecified atom stereocenters. The number of carbonyl (C=O) groups excluding carboxylic acids is 2. The minimum Gasteiger partial charge on any atom is -0.392 e. The van der Waals surface area contributed by atoms with Crippen LogP contribution in [0.5, 0.6) is 0 Å². The van der Waals surface area contributed by atoms with E-state index in [1.54, 1.807) is 0 Å². The Bertz CT molecular complexity index is 834. The van der Waals surface area contributed by atoms with Crippen molar-refractivity contribution in [3.63, 3.8) is 0 Å². The summed E-state index contributed by atoms with van der Waals surface area (Å²) in [7, 11) is 0. The Morgan fingerprint density at radius 2 is 1.84 bits per heavy atom. The average molecular weight is 426 g/mol. The van der Waals surface area contributed by atoms with Gasteiger partial charge in [0.2, 0.25) is 5.91 Å². The third-order valence-corrected chi connectivity index (χ3v) is 11.2. The molecule has 4 heteroatoms. The number of ketones is 1. The number of carbonyl (C=O) groups is 2. The summed E-state index contributed by atoms with van der Waals surface area (Å²) in [6, 6.07) is 0.451. The quantitative estimate of drug-likeness (QED) is 0.632. The molecule has 0 spiro atoms. The van der Waals surface area contributed by atoms with Gasteiger partial charge in [0.15, 0.2) is 5.78 Å². The van der Waals surface area contributed by atoms with E-state index in [4.69, 9.17) is 0 Å². The molecule has 0 aromatic carbocycles. The zero-order valence-electron chi connectivity index (χ0n) is 19.4. The van der Waals surface area contributed by atoms with Crippen molar-refractivity contribution in [1.82, 2.24) is 4.90 Å². The maximum Gasteiger partial charge on any atom is 0.226 e. The first-order valence-corrected chi connectivity index (χ1v) is 13.0. The average Bonchev–Trinajstić information content (AvgIpc) is 3.14. The molecular weight excluding hydrogens is 386 g/mol. The molecule has 0 radical (unpaired) electrons. The Morgan fingerprint density at radius 3 is 2.65 bits per heavy atom. The highest BCUT2D eigenvalue weighted by Gasteiger charge is 2.63. The Morgan fingerprint density at radius 1 is 1.06 bits per heavy atom. The van der Waals surface area contributed by atoms with Crippen LogP contribution in [-0.2, 0) is 9.59 Å². The van der Waals surface area contributed by atoms with Crippen LogP contribution in [0.3, 0.4) is 0 Å². The van der Waals surface area contributed by atoms with E-state index in [9.17, 15) is 14.7 Å². The lowest BCUT2D eigenvalue weighted by molar-refractivity contribution is -0.162. The van der Waals surface area contributed by atoms with Crippen molar-refractivity contribution < 1.29 is 14.7 Å². The first-order valence-electron chi connectivity index (χ1n) is 13.0. The van der Waals surface area contributed by atoms with Gasteiger partial charge in [0.05, 0.1) is 6.10 Å². The number of hydrogen-bond acceptors (Lipinski definition) is 3. The fraction of sp³-hybridized carbons (Fsp3) is 0.852. The Balaban J connectivity index is 1.35. The summed E-state index contributed by atoms with van der Waals surface area (Å²) in [6.45, 7) is 8.02. The first-order chi connectivity index (χ1) is 14.8. The van der Waals surface area contributed by atoms with E-state index in [1.165, 1.54) is 24.8 Å². The molecule has 0 bridgehead atoms. The predicted molar refractivity (Wildman–Crippen MR) is 119 cm³/mol. The summed E-state index contributed by atoms with van der Waals surface area (Å²) in [4.78, 5) is 28.3. The minimum atomic E-state index is -0.347. The van der Waals surface area contributed by atoms with Crippen molar-refractivity contribution in [3.05, 3.63) is 11.6 Å². The molecule has 5 fully saturated rings. The second-order valence-electron chi connectivity index (χ2n) is 12.4. The maximum absolute atomic E-state index is 13.9. The molecule has 170 valence electrons. The van der Waals surface area contributed by atoms with Crippen LogP contribution < -0.4 is 0 Å². The van der Waals surface area contributed by atoms with Gasteiger partial charge in [-0.15, -0.1) is 0 Å². The van der Waals surface area contributed by atoms with Crippen LogP contribution in [0.4, 0.5) is 0 Å². The van der Waals surface area contributed by atoms with E-state index in [-0.39, 0.29) is 23.2 Å². The van der Waals surface area contributed by atoms with Crippen molar-refractivity contribution >= 4 is 11.7 Å². The molecule has 31 heavy (non-hydrogen) atoms. The van der Waals surface area contributed by atoms with E-state index >= 15 is 0 Å². The van der Waals surface area contributed by atoms with Gasteiger partial charge in [0.1, 0.15) is 0 Å². The third-order valence-electron chi connectivity index (χ3n) is 11.2. The van der Waals surface area contributed by atoms with Crippen LogP contribution in [0, 0.1) is 52.8 Å². The van der Waals surface area contributed by atoms with Gasteiger partial charge in [0.25, 0.3) is 0 Å². The van der Waals surface area contributed by atoms with Gasteiger partial charge in [-0.3, -0.25) is 9.59 Å². The molecule has 2 saturated heterocycles. The highest BCUT2D eigenvalue weighted by atomic mass is 16.3. The molecule has 1 amide bonds. The van der Waals surface area contributed by atoms with Gasteiger partial charge < -0.3 is 10.0 Å². The van der Waals surface area contributed by atoms with E-state index in [1.807, 2.05) is 6.08 Å². The van der Waals surface area contributed by atoms with Crippen LogP contribution in [0.1, 0.15) is 72.1 Å². The Kier molecular flexibility index (Phi) is 4.56. The van der Waals surface area contributed by atoms with Gasteiger partial charge in [0, 0.05) is 24.9 Å². The van der Waals surface area contributed by atoms with Crippen molar-refractivity contribution in [2.75, 3.05) is 6.54 Å². The van der Waals surface area contributed by atoms with Gasteiger partial charge in [-0.2, -0.15) is 0 Å². The number of amides is 1. The molecule has 0 aromatic rings. The molecule has 6 aliphatic rings. The van der Waals surface area contributed by atoms with E-state index in [2.05, 4.69) is 25.7 Å². The van der Waals surface area contributed by atoms with Crippen LogP contribution in [0.25, 0.3) is 0 Å². The molecule has 2 aliphatic heterocycles. The summed E-state index contributed by atoms with van der Waals surface area (Å²) in [5, 5.41) is 11.2. The third kappa shape index (κ3) is 2.75. The van der Waals surface area contributed by atoms with Crippen molar-refractivity contribution in [3.8, 4) is 0 Å². The second kappa shape index (κ2) is 6.92. The summed E-state index contributed by atoms with van der Waals surface area (Å²) in [5.74, 6) is 4.21. The van der Waals surface area contributed by atoms with E-state index < -0.39 is 0 Å². The SMILES string of the molecule is C[C@@H]1CC[C@H]2[C@H](C)[C@H]3CC[C@@H]4[C@@H](C[C@H]5[C@@H]4[C@@H](O)CC4=CC(=O)CC[C@@]45C)[C@@H]3C(=O)N2C1. The Labute approximate surface area is 186 Å². The van der Waals surface area contributed by atoms with Crippen molar-refractivity contribution in [1.29, 1.82) is 0 Å². The number of aliphatic hydroxyl groups is 1. The highest BCUT2D eigenvalue weighted by molar-refractivity contribution is 5.91. The molecule has 2 heterocycles. The van der Waals surface area contributed by atoms with E-state index in [0.29, 0.717) is 66.2 Å². The molecule has 4 nitrogen and oxygen atoms in total. The number of rotatable bonds is 0. The number of aliphatic hydroxyl groups excluding tert-OH is 1. The molecule has 1 N–H and O–H groups in total. The summed E-state index contributed by atoms with van der Waals surface area (Å²) in [5.41, 5.74) is 1.23. The zero-order chi connectivity index (χ0) is 21.7. The predicted octanol–water partition coefficient (Wildman–Crippen LogP) is 4.22. The maximum atomic E-state index is 13.9. The van der Waals surface area contributed by atoms with Crippen molar-refractivity contribution in [2.24, 2.45) is 52.8 Å². The fourth-order valence-electron chi connectivity index (χ4n) is 9.61. The number of allylic oxidation sites excluding steroid dienone is 1. The molecule has 6 rings (SSSR count). The Hall–Kier alpha value is -1.16. The normalized spacial score (nSPS) is 53.7. The molecule has 0 aromatic heterocycles. The van der Waals surface area contributed by atoms with Gasteiger partial charge in [-0.1, -0.05) is 26.3 Å². The summed E-state index contributed by atoms with van der Waals surface area (Å²) >= 11 is 0. The first kappa shape index (κ1) is 20.4. The smallest absolute Gasteiger partial charge is 0.226 e. The lowest BCUT2D eigenvalue weighted by atomic mass is 9.55. The number of fused-ring (bicyclic) bond motifs is 8. The van der Waals surface area contributed by atoms with Gasteiger partial charge >= 0.3 is 0 Å². The lowest BCUT2D eigenvalue weighted by Gasteiger charge is -2.55. The van der Waals surface area contributed by atoms with Crippen LogP contribution in [0.2, 0.25) is 0 Å². The summed E-state index contributed by atoms with van der Waals surface area (Å²) in [6.07, 6.45) is 9.59. The van der Waals surface area contributed by atoms with Crippen LogP contribution in [-0.4, -0.2) is 40.4 Å². The zero-order valence-corrected chi connectivity index (χ0v) is 19.4. The number of piperidine rings is 2. The number of nitrogens with zero attached hydrogens (tertiary/aromatic N) is 1. The summed E-state index contributed by atoms with van der Waals surface area (Å²) < 4.78 is 0. The standard InChI is InChI=1S/C27H39NO3/c1-14-4-7-22-15(2)18-5-6-19-20(24(18)26(31)28(22)13-14)12-21-25(19)23(30)11-16-10-17(29)8-9-27(16,21)3/h10,14-15,18-25,30H,4-9,11-13H2,1-3H3/t14-,15-,18-,19-,20-,21+,22+,23+,24-,25-,27+/m1/s1. The highest BCUT2D eigenvalue weighted by Crippen LogP contribution is 2.66. The second-order valence-corrected chi connectivity index (χ2v) is 12.4. The molecule has 11 atom stereocenters. The largest absolute Gasteiger partial charge is 0.392 e. The molecular formula is C27H39NO3. The lowest BCUT2D eigenvalue weighted by Crippen LogP contribution is -2.61. The van der Waals surface area contributed by atoms with Crippen LogP contribution in [0.15, 0.2) is 11.6 Å². The van der Waals surface area contributed by atoms with Gasteiger partial charge in [-0.05, 0) is 97.9 Å².